The topological polar surface area (TPSA) is 108 Å². The molecule has 1 aliphatic heterocycles. The van der Waals surface area contributed by atoms with Crippen LogP contribution in [0.25, 0.3) is 0 Å². The molecule has 1 rings (SSSR count). The molecule has 2 unspecified atom stereocenters. The van der Waals surface area contributed by atoms with Gasteiger partial charge in [0.2, 0.25) is 0 Å². The molecule has 7 heteroatoms. The van der Waals surface area contributed by atoms with Crippen LogP contribution in [0.5, 0.6) is 0 Å². The molecule has 86 valence electrons. The maximum atomic E-state index is 11.1. The van der Waals surface area contributed by atoms with Gasteiger partial charge in [-0.1, -0.05) is 0 Å². The number of carboxylic acid groups (broad SMARTS) is 1. The molecule has 2 amide bonds. The number of aliphatic hydroxyl groups is 1. The fraction of sp³-hybridized carbons (Fsp3) is 0.750. The number of hydrogen-bond donors (Lipinski definition) is 4. The molecular weight excluding hydrogens is 204 g/mol. The Kier molecular flexibility index (Phi) is 4.32. The van der Waals surface area contributed by atoms with E-state index in [2.05, 4.69) is 10.6 Å². The number of urea groups is 1. The van der Waals surface area contributed by atoms with Crippen LogP contribution in [0.2, 0.25) is 0 Å². The molecule has 0 radical (unpaired) electrons. The van der Waals surface area contributed by atoms with E-state index in [-0.39, 0.29) is 12.6 Å². The van der Waals surface area contributed by atoms with E-state index in [1.807, 2.05) is 0 Å². The predicted octanol–water partition coefficient (Wildman–Crippen LogP) is -1.48. The highest BCUT2D eigenvalue weighted by Gasteiger charge is 2.19. The van der Waals surface area contributed by atoms with Gasteiger partial charge >= 0.3 is 12.0 Å². The highest BCUT2D eigenvalue weighted by Crippen LogP contribution is 2.02. The minimum Gasteiger partial charge on any atom is -0.479 e. The van der Waals surface area contributed by atoms with Crippen LogP contribution in [-0.2, 0) is 9.53 Å². The largest absolute Gasteiger partial charge is 0.479 e. The standard InChI is InChI=1S/C8H14N2O5/c11-6(7(12)13)3-9-8(14)10-5-1-2-15-4-5/h5-6,11H,1-4H2,(H,12,13)(H2,9,10,14). The summed E-state index contributed by atoms with van der Waals surface area (Å²) in [5.74, 6) is -1.36. The maximum Gasteiger partial charge on any atom is 0.334 e. The fourth-order valence-electron chi connectivity index (χ4n) is 1.16. The van der Waals surface area contributed by atoms with Crippen molar-refractivity contribution in [2.45, 2.75) is 18.6 Å². The number of nitrogens with one attached hydrogen (secondary N) is 2. The van der Waals surface area contributed by atoms with E-state index in [4.69, 9.17) is 14.9 Å². The third-order valence-electron chi connectivity index (χ3n) is 2.01. The summed E-state index contributed by atoms with van der Waals surface area (Å²) in [4.78, 5) is 21.4. The molecule has 15 heavy (non-hydrogen) atoms. The first-order chi connectivity index (χ1) is 7.09. The molecule has 0 aliphatic carbocycles. The summed E-state index contributed by atoms with van der Waals surface area (Å²) >= 11 is 0. The number of amides is 2. The number of aliphatic hydroxyl groups excluding tert-OH is 1. The fourth-order valence-corrected chi connectivity index (χ4v) is 1.16. The predicted molar refractivity (Wildman–Crippen MR) is 49.4 cm³/mol. The van der Waals surface area contributed by atoms with Gasteiger partial charge in [-0.25, -0.2) is 9.59 Å². The molecule has 0 saturated carbocycles. The smallest absolute Gasteiger partial charge is 0.334 e. The Morgan fingerprint density at radius 3 is 2.80 bits per heavy atom. The SMILES string of the molecule is O=C(NCC(O)C(=O)O)NC1CCOC1. The number of carboxylic acids is 1. The molecule has 1 fully saturated rings. The van der Waals surface area contributed by atoms with Crippen LogP contribution in [0.3, 0.4) is 0 Å². The van der Waals surface area contributed by atoms with Crippen molar-refractivity contribution >= 4 is 12.0 Å². The summed E-state index contributed by atoms with van der Waals surface area (Å²) in [5.41, 5.74) is 0. The van der Waals surface area contributed by atoms with Gasteiger partial charge in [-0.05, 0) is 6.42 Å². The highest BCUT2D eigenvalue weighted by molar-refractivity contribution is 5.76. The van der Waals surface area contributed by atoms with Crippen molar-refractivity contribution in [2.75, 3.05) is 19.8 Å². The third kappa shape index (κ3) is 4.13. The van der Waals surface area contributed by atoms with Gasteiger partial charge in [-0.2, -0.15) is 0 Å². The van der Waals surface area contributed by atoms with Crippen molar-refractivity contribution in [3.05, 3.63) is 0 Å². The Balaban J connectivity index is 2.15. The normalized spacial score (nSPS) is 22.1. The van der Waals surface area contributed by atoms with E-state index in [1.54, 1.807) is 0 Å². The Hall–Kier alpha value is -1.34. The summed E-state index contributed by atoms with van der Waals surface area (Å²) in [6, 6.07) is -0.530. The Labute approximate surface area is 86.4 Å². The second-order valence-electron chi connectivity index (χ2n) is 3.27. The quantitative estimate of drug-likeness (QED) is 0.460. The van der Waals surface area contributed by atoms with Gasteiger partial charge in [-0.3, -0.25) is 0 Å². The summed E-state index contributed by atoms with van der Waals surface area (Å²) in [7, 11) is 0. The maximum absolute atomic E-state index is 11.1. The summed E-state index contributed by atoms with van der Waals surface area (Å²) in [6.45, 7) is 0.770. The molecule has 0 spiro atoms. The van der Waals surface area contributed by atoms with Crippen molar-refractivity contribution in [3.63, 3.8) is 0 Å². The summed E-state index contributed by atoms with van der Waals surface area (Å²) in [6.07, 6.45) is -0.829. The van der Waals surface area contributed by atoms with Gasteiger partial charge in [0.05, 0.1) is 19.2 Å². The highest BCUT2D eigenvalue weighted by atomic mass is 16.5. The van der Waals surface area contributed by atoms with Gasteiger partial charge in [0, 0.05) is 6.61 Å². The second kappa shape index (κ2) is 5.52. The average Bonchev–Trinajstić information content (AvgIpc) is 2.66. The van der Waals surface area contributed by atoms with E-state index in [0.717, 1.165) is 6.42 Å². The molecule has 0 aromatic carbocycles. The summed E-state index contributed by atoms with van der Waals surface area (Å²) < 4.78 is 5.04. The van der Waals surface area contributed by atoms with Gasteiger partial charge in [0.15, 0.2) is 6.10 Å². The van der Waals surface area contributed by atoms with Crippen molar-refractivity contribution in [3.8, 4) is 0 Å². The molecule has 1 aliphatic rings. The first-order valence-electron chi connectivity index (χ1n) is 4.62. The molecular formula is C8H14N2O5. The molecule has 0 aromatic rings. The Morgan fingerprint density at radius 1 is 1.53 bits per heavy atom. The number of hydrogen-bond acceptors (Lipinski definition) is 4. The van der Waals surface area contributed by atoms with Crippen molar-refractivity contribution in [2.24, 2.45) is 0 Å². The minimum atomic E-state index is -1.57. The molecule has 1 saturated heterocycles. The van der Waals surface area contributed by atoms with Crippen LogP contribution in [0.1, 0.15) is 6.42 Å². The molecule has 4 N–H and O–H groups in total. The molecule has 7 nitrogen and oxygen atoms in total. The average molecular weight is 218 g/mol. The molecule has 0 bridgehead atoms. The summed E-state index contributed by atoms with van der Waals surface area (Å²) in [5, 5.41) is 22.1. The Bertz CT molecular complexity index is 239. The van der Waals surface area contributed by atoms with Gasteiger partial charge < -0.3 is 25.6 Å². The second-order valence-corrected chi connectivity index (χ2v) is 3.27. The lowest BCUT2D eigenvalue weighted by atomic mass is 10.3. The van der Waals surface area contributed by atoms with Crippen molar-refractivity contribution in [1.82, 2.24) is 10.6 Å². The zero-order chi connectivity index (χ0) is 11.3. The monoisotopic (exact) mass is 218 g/mol. The number of carbonyl (C=O) groups is 2. The van der Waals surface area contributed by atoms with Crippen LogP contribution < -0.4 is 10.6 Å². The van der Waals surface area contributed by atoms with Crippen molar-refractivity contribution in [1.29, 1.82) is 0 Å². The number of aliphatic carboxylic acids is 1. The number of carbonyl (C=O) groups excluding carboxylic acids is 1. The molecule has 2 atom stereocenters. The van der Waals surface area contributed by atoms with Crippen LogP contribution in [0.4, 0.5) is 4.79 Å². The van der Waals surface area contributed by atoms with Gasteiger partial charge in [-0.15, -0.1) is 0 Å². The number of rotatable bonds is 4. The molecule has 1 heterocycles. The zero-order valence-electron chi connectivity index (χ0n) is 8.10. The van der Waals surface area contributed by atoms with Gasteiger partial charge in [0.25, 0.3) is 0 Å². The van der Waals surface area contributed by atoms with Crippen LogP contribution in [-0.4, -0.2) is 54.1 Å². The first kappa shape index (κ1) is 11.7. The van der Waals surface area contributed by atoms with Crippen LogP contribution in [0.15, 0.2) is 0 Å². The molecule has 0 aromatic heterocycles. The van der Waals surface area contributed by atoms with E-state index in [1.165, 1.54) is 0 Å². The lowest BCUT2D eigenvalue weighted by Crippen LogP contribution is -2.46. The lowest BCUT2D eigenvalue weighted by molar-refractivity contribution is -0.146. The lowest BCUT2D eigenvalue weighted by Gasteiger charge is -2.12. The van der Waals surface area contributed by atoms with Crippen molar-refractivity contribution < 1.29 is 24.5 Å². The van der Waals surface area contributed by atoms with E-state index >= 15 is 0 Å². The first-order valence-corrected chi connectivity index (χ1v) is 4.62. The zero-order valence-corrected chi connectivity index (χ0v) is 8.10. The Morgan fingerprint density at radius 2 is 2.27 bits per heavy atom. The van der Waals surface area contributed by atoms with Crippen LogP contribution >= 0.6 is 0 Å². The van der Waals surface area contributed by atoms with Gasteiger partial charge in [0.1, 0.15) is 0 Å². The van der Waals surface area contributed by atoms with E-state index in [9.17, 15) is 9.59 Å². The van der Waals surface area contributed by atoms with E-state index < -0.39 is 18.1 Å². The minimum absolute atomic E-state index is 0.0352. The van der Waals surface area contributed by atoms with E-state index in [0.29, 0.717) is 13.2 Å². The van der Waals surface area contributed by atoms with Crippen LogP contribution in [0, 0.1) is 0 Å². The number of ether oxygens (including phenoxy) is 1. The third-order valence-corrected chi connectivity index (χ3v) is 2.01.